The Hall–Kier alpha value is -0.950. The van der Waals surface area contributed by atoms with Crippen LogP contribution in [0.3, 0.4) is 0 Å². The predicted octanol–water partition coefficient (Wildman–Crippen LogP) is 0.865. The Balaban J connectivity index is 1.74. The lowest BCUT2D eigenvalue weighted by Gasteiger charge is -2.25. The van der Waals surface area contributed by atoms with Crippen LogP contribution in [0.2, 0.25) is 0 Å². The highest BCUT2D eigenvalue weighted by Gasteiger charge is 2.15. The summed E-state index contributed by atoms with van der Waals surface area (Å²) in [6.07, 6.45) is 0. The molecule has 106 valence electrons. The number of rotatable bonds is 6. The molecule has 1 aromatic carbocycles. The summed E-state index contributed by atoms with van der Waals surface area (Å²) in [4.78, 5) is 5.43. The van der Waals surface area contributed by atoms with E-state index in [4.69, 9.17) is 9.57 Å². The quantitative estimate of drug-likeness (QED) is 0.776. The van der Waals surface area contributed by atoms with Crippen molar-refractivity contribution in [3.8, 4) is 0 Å². The van der Waals surface area contributed by atoms with Gasteiger partial charge in [-0.05, 0) is 5.56 Å². The van der Waals surface area contributed by atoms with Crippen LogP contribution in [0, 0.1) is 0 Å². The molecule has 5 nitrogen and oxygen atoms in total. The number of sulfone groups is 1. The predicted molar refractivity (Wildman–Crippen MR) is 72.3 cm³/mol. The second-order valence-corrected chi connectivity index (χ2v) is 6.64. The third-order valence-corrected chi connectivity index (χ3v) is 4.43. The van der Waals surface area contributed by atoms with E-state index in [9.17, 15) is 8.42 Å². The summed E-state index contributed by atoms with van der Waals surface area (Å²) < 4.78 is 29.0. The van der Waals surface area contributed by atoms with Gasteiger partial charge in [-0.3, -0.25) is 4.84 Å². The van der Waals surface area contributed by atoms with Crippen molar-refractivity contribution in [1.29, 1.82) is 0 Å². The van der Waals surface area contributed by atoms with Gasteiger partial charge in [-0.2, -0.15) is 5.06 Å². The number of hydroxylamine groups is 2. The van der Waals surface area contributed by atoms with Crippen LogP contribution in [0.4, 0.5) is 0 Å². The molecule has 0 atom stereocenters. The summed E-state index contributed by atoms with van der Waals surface area (Å²) in [5.74, 6) is 0.111. The molecule has 0 amide bonds. The summed E-state index contributed by atoms with van der Waals surface area (Å²) in [6, 6.07) is 9.20. The van der Waals surface area contributed by atoms with E-state index in [-0.39, 0.29) is 18.1 Å². The lowest BCUT2D eigenvalue weighted by atomic mass is 10.2. The van der Waals surface area contributed by atoms with E-state index < -0.39 is 9.84 Å². The highest BCUT2D eigenvalue weighted by molar-refractivity contribution is 7.90. The van der Waals surface area contributed by atoms with Crippen LogP contribution in [0.15, 0.2) is 30.3 Å². The van der Waals surface area contributed by atoms with Crippen molar-refractivity contribution in [3.63, 3.8) is 0 Å². The van der Waals surface area contributed by atoms with Crippen molar-refractivity contribution in [3.05, 3.63) is 35.9 Å². The van der Waals surface area contributed by atoms with Crippen LogP contribution in [0.5, 0.6) is 0 Å². The summed E-state index contributed by atoms with van der Waals surface area (Å²) in [6.45, 7) is 2.86. The van der Waals surface area contributed by atoms with Gasteiger partial charge in [0.05, 0.1) is 31.3 Å². The molecule has 1 aliphatic heterocycles. The number of hydrogen-bond acceptors (Lipinski definition) is 5. The van der Waals surface area contributed by atoms with E-state index >= 15 is 0 Å². The molecule has 0 aliphatic carbocycles. The molecule has 1 aliphatic rings. The maximum Gasteiger partial charge on any atom is 0.156 e. The number of morpholine rings is 1. The SMILES string of the molecule is O=S(=O)(CCON1CCOCC1)Cc1ccccc1. The van der Waals surface area contributed by atoms with E-state index in [1.807, 2.05) is 30.3 Å². The van der Waals surface area contributed by atoms with Gasteiger partial charge in [0.25, 0.3) is 0 Å². The Morgan fingerprint density at radius 1 is 1.16 bits per heavy atom. The van der Waals surface area contributed by atoms with Gasteiger partial charge in [0.1, 0.15) is 0 Å². The van der Waals surface area contributed by atoms with Crippen molar-refractivity contribution in [1.82, 2.24) is 5.06 Å². The zero-order valence-electron chi connectivity index (χ0n) is 10.8. The summed E-state index contributed by atoms with van der Waals surface area (Å²) >= 11 is 0. The highest BCUT2D eigenvalue weighted by atomic mass is 32.2. The first-order chi connectivity index (χ1) is 9.16. The minimum atomic E-state index is -3.12. The molecular weight excluding hydrogens is 266 g/mol. The van der Waals surface area contributed by atoms with Crippen molar-refractivity contribution in [2.75, 3.05) is 38.7 Å². The van der Waals surface area contributed by atoms with Crippen LogP contribution >= 0.6 is 0 Å². The van der Waals surface area contributed by atoms with Gasteiger partial charge in [-0.1, -0.05) is 30.3 Å². The minimum Gasteiger partial charge on any atom is -0.379 e. The lowest BCUT2D eigenvalue weighted by molar-refractivity contribution is -0.189. The molecule has 1 saturated heterocycles. The van der Waals surface area contributed by atoms with Crippen molar-refractivity contribution < 1.29 is 18.0 Å². The van der Waals surface area contributed by atoms with Gasteiger partial charge in [-0.25, -0.2) is 8.42 Å². The molecule has 2 rings (SSSR count). The average Bonchev–Trinajstić information content (AvgIpc) is 2.40. The summed E-state index contributed by atoms with van der Waals surface area (Å²) in [5, 5.41) is 1.77. The third kappa shape index (κ3) is 5.28. The Kier molecular flexibility index (Phi) is 5.33. The molecule has 0 saturated carbocycles. The minimum absolute atomic E-state index is 0.0409. The summed E-state index contributed by atoms with van der Waals surface area (Å²) in [7, 11) is -3.12. The second-order valence-electron chi connectivity index (χ2n) is 4.45. The zero-order valence-corrected chi connectivity index (χ0v) is 11.6. The maximum absolute atomic E-state index is 11.9. The Bertz CT molecular complexity index is 469. The fourth-order valence-corrected chi connectivity index (χ4v) is 3.04. The zero-order chi connectivity index (χ0) is 13.6. The molecule has 0 unspecified atom stereocenters. The molecule has 0 aromatic heterocycles. The Morgan fingerprint density at radius 3 is 2.53 bits per heavy atom. The maximum atomic E-state index is 11.9. The normalized spacial score (nSPS) is 17.5. The topological polar surface area (TPSA) is 55.8 Å². The molecule has 0 bridgehead atoms. The van der Waals surface area contributed by atoms with Gasteiger partial charge in [0.15, 0.2) is 9.84 Å². The fourth-order valence-electron chi connectivity index (χ4n) is 1.87. The molecular formula is C13H19NO4S. The average molecular weight is 285 g/mol. The third-order valence-electron chi connectivity index (χ3n) is 2.87. The first-order valence-corrected chi connectivity index (χ1v) is 8.18. The lowest BCUT2D eigenvalue weighted by Crippen LogP contribution is -2.37. The van der Waals surface area contributed by atoms with Crippen LogP contribution in [0.1, 0.15) is 5.56 Å². The fraction of sp³-hybridized carbons (Fsp3) is 0.538. The van der Waals surface area contributed by atoms with Gasteiger partial charge in [0, 0.05) is 13.1 Å². The molecule has 6 heteroatoms. The monoisotopic (exact) mass is 285 g/mol. The van der Waals surface area contributed by atoms with E-state index in [0.717, 1.165) is 5.56 Å². The van der Waals surface area contributed by atoms with Crippen molar-refractivity contribution >= 4 is 9.84 Å². The van der Waals surface area contributed by atoms with Crippen molar-refractivity contribution in [2.45, 2.75) is 5.75 Å². The standard InChI is InChI=1S/C13H19NO4S/c15-19(16,12-13-4-2-1-3-5-13)11-10-18-14-6-8-17-9-7-14/h1-5H,6-12H2. The van der Waals surface area contributed by atoms with Crippen LogP contribution in [-0.4, -0.2) is 52.1 Å². The van der Waals surface area contributed by atoms with E-state index in [1.165, 1.54) is 0 Å². The molecule has 0 N–H and O–H groups in total. The van der Waals surface area contributed by atoms with Gasteiger partial charge >= 0.3 is 0 Å². The largest absolute Gasteiger partial charge is 0.379 e. The number of benzene rings is 1. The number of ether oxygens (including phenoxy) is 1. The second kappa shape index (κ2) is 7.00. The smallest absolute Gasteiger partial charge is 0.156 e. The van der Waals surface area contributed by atoms with Crippen molar-refractivity contribution in [2.24, 2.45) is 0 Å². The molecule has 1 aromatic rings. The van der Waals surface area contributed by atoms with Crippen LogP contribution in [0.25, 0.3) is 0 Å². The first-order valence-electron chi connectivity index (χ1n) is 6.36. The molecule has 1 fully saturated rings. The van der Waals surface area contributed by atoms with Gasteiger partial charge in [0.2, 0.25) is 0 Å². The summed E-state index contributed by atoms with van der Waals surface area (Å²) in [5.41, 5.74) is 0.814. The highest BCUT2D eigenvalue weighted by Crippen LogP contribution is 2.06. The van der Waals surface area contributed by atoms with E-state index in [1.54, 1.807) is 5.06 Å². The Morgan fingerprint density at radius 2 is 1.84 bits per heavy atom. The molecule has 0 radical (unpaired) electrons. The first kappa shape index (κ1) is 14.5. The van der Waals surface area contributed by atoms with Crippen LogP contribution in [-0.2, 0) is 25.2 Å². The number of hydrogen-bond donors (Lipinski definition) is 0. The van der Waals surface area contributed by atoms with Gasteiger partial charge in [-0.15, -0.1) is 0 Å². The molecule has 0 spiro atoms. The van der Waals surface area contributed by atoms with Gasteiger partial charge < -0.3 is 4.74 Å². The Labute approximate surface area is 114 Å². The van der Waals surface area contributed by atoms with Crippen LogP contribution < -0.4 is 0 Å². The van der Waals surface area contributed by atoms with E-state index in [0.29, 0.717) is 26.3 Å². The molecule has 19 heavy (non-hydrogen) atoms. The number of nitrogens with zero attached hydrogens (tertiary/aromatic N) is 1. The molecule has 1 heterocycles. The van der Waals surface area contributed by atoms with E-state index in [2.05, 4.69) is 0 Å².